The van der Waals surface area contributed by atoms with Crippen molar-refractivity contribution >= 4 is 0 Å². The van der Waals surface area contributed by atoms with Crippen LogP contribution in [0.3, 0.4) is 0 Å². The van der Waals surface area contributed by atoms with Gasteiger partial charge in [0.05, 0.1) is 0 Å². The normalized spacial score (nSPS) is 19.4. The second-order valence-corrected chi connectivity index (χ2v) is 3.31. The van der Waals surface area contributed by atoms with E-state index in [4.69, 9.17) is 10.5 Å². The Labute approximate surface area is 90.3 Å². The number of allylic oxidation sites excluding steroid dienone is 1. The van der Waals surface area contributed by atoms with Crippen molar-refractivity contribution in [2.24, 2.45) is 0 Å². The molecule has 1 unspecified atom stereocenters. The summed E-state index contributed by atoms with van der Waals surface area (Å²) >= 11 is 0. The summed E-state index contributed by atoms with van der Waals surface area (Å²) in [5.41, 5.74) is 0.537. The van der Waals surface area contributed by atoms with Crippen LogP contribution < -0.4 is 0 Å². The summed E-state index contributed by atoms with van der Waals surface area (Å²) < 4.78 is 0. The molecule has 0 aromatic carbocycles. The Kier molecular flexibility index (Phi) is 3.76. The molecule has 1 aliphatic heterocycles. The zero-order valence-corrected chi connectivity index (χ0v) is 8.85. The van der Waals surface area contributed by atoms with Crippen molar-refractivity contribution in [2.45, 2.75) is 25.9 Å². The van der Waals surface area contributed by atoms with E-state index in [2.05, 4.69) is 25.6 Å². The van der Waals surface area contributed by atoms with Crippen LogP contribution >= 0.6 is 0 Å². The molecule has 1 rings (SSSR count). The number of nitrogens with zero attached hydrogens (tertiary/aromatic N) is 4. The van der Waals surface area contributed by atoms with Gasteiger partial charge in [-0.15, -0.1) is 0 Å². The lowest BCUT2D eigenvalue weighted by atomic mass is 10.3. The van der Waals surface area contributed by atoms with E-state index in [0.29, 0.717) is 5.70 Å². The molecule has 0 radical (unpaired) electrons. The number of unbranched alkanes of at least 4 members (excludes halogenated alkanes) is 1. The van der Waals surface area contributed by atoms with Crippen LogP contribution in [-0.2, 0) is 0 Å². The van der Waals surface area contributed by atoms with Crippen molar-refractivity contribution in [1.29, 1.82) is 10.5 Å². The Morgan fingerprint density at radius 3 is 2.80 bits per heavy atom. The molecule has 78 valence electrons. The Bertz CT molecular complexity index is 345. The van der Waals surface area contributed by atoms with E-state index in [0.717, 1.165) is 19.4 Å². The van der Waals surface area contributed by atoms with E-state index in [1.807, 2.05) is 4.90 Å². The fourth-order valence-electron chi connectivity index (χ4n) is 1.53. The highest BCUT2D eigenvalue weighted by Crippen LogP contribution is 2.22. The fraction of sp³-hybridized carbons (Fsp3) is 0.455. The predicted molar refractivity (Wildman–Crippen MR) is 56.7 cm³/mol. The van der Waals surface area contributed by atoms with Gasteiger partial charge in [0.25, 0.3) is 0 Å². The lowest BCUT2D eigenvalue weighted by molar-refractivity contribution is 0.236. The van der Waals surface area contributed by atoms with Crippen LogP contribution in [0.2, 0.25) is 0 Å². The molecule has 0 spiro atoms. The molecule has 15 heavy (non-hydrogen) atoms. The smallest absolute Gasteiger partial charge is 0.196 e. The van der Waals surface area contributed by atoms with Gasteiger partial charge in [-0.25, -0.2) is 0 Å². The van der Waals surface area contributed by atoms with E-state index in [1.54, 1.807) is 17.3 Å². The lowest BCUT2D eigenvalue weighted by Gasteiger charge is -2.25. The molecular weight excluding hydrogens is 188 g/mol. The summed E-state index contributed by atoms with van der Waals surface area (Å²) in [6.07, 6.45) is 4.83. The third-order valence-corrected chi connectivity index (χ3v) is 2.35. The third kappa shape index (κ3) is 2.11. The van der Waals surface area contributed by atoms with Gasteiger partial charge in [0.2, 0.25) is 0 Å². The van der Waals surface area contributed by atoms with Crippen LogP contribution in [-0.4, -0.2) is 22.5 Å². The minimum atomic E-state index is -0.413. The van der Waals surface area contributed by atoms with Crippen molar-refractivity contribution in [3.63, 3.8) is 0 Å². The summed E-state index contributed by atoms with van der Waals surface area (Å²) in [5, 5.41) is 18.0. The van der Waals surface area contributed by atoms with Gasteiger partial charge in [-0.3, -0.25) is 0 Å². The first-order valence-corrected chi connectivity index (χ1v) is 4.96. The molecule has 0 amide bonds. The molecule has 0 bridgehead atoms. The third-order valence-electron chi connectivity index (χ3n) is 2.35. The fourth-order valence-corrected chi connectivity index (χ4v) is 1.53. The Morgan fingerprint density at radius 2 is 2.33 bits per heavy atom. The molecule has 1 atom stereocenters. The van der Waals surface area contributed by atoms with Crippen LogP contribution in [0.4, 0.5) is 0 Å². The zero-order valence-electron chi connectivity index (χ0n) is 8.85. The van der Waals surface area contributed by atoms with Gasteiger partial charge in [0.1, 0.15) is 17.8 Å². The van der Waals surface area contributed by atoms with Crippen molar-refractivity contribution in [1.82, 2.24) is 9.80 Å². The minimum Gasteiger partial charge on any atom is -0.329 e. The molecule has 0 aromatic rings. The molecule has 4 heteroatoms. The minimum absolute atomic E-state index is 0.413. The van der Waals surface area contributed by atoms with Crippen LogP contribution in [0.1, 0.15) is 19.8 Å². The molecule has 0 fully saturated rings. The highest BCUT2D eigenvalue weighted by Gasteiger charge is 2.30. The number of hydrogen-bond acceptors (Lipinski definition) is 4. The van der Waals surface area contributed by atoms with Crippen molar-refractivity contribution in [3.8, 4) is 12.1 Å². The highest BCUT2D eigenvalue weighted by molar-refractivity contribution is 5.28. The SMILES string of the molecule is C=CN1C=C(C#N)N(CCCC)C1C#N. The summed E-state index contributed by atoms with van der Waals surface area (Å²) in [4.78, 5) is 3.47. The Hall–Kier alpha value is -1.94. The molecule has 0 aromatic heterocycles. The van der Waals surface area contributed by atoms with E-state index in [-0.39, 0.29) is 0 Å². The first-order valence-electron chi connectivity index (χ1n) is 4.96. The number of hydrogen-bond donors (Lipinski definition) is 0. The first kappa shape index (κ1) is 11.1. The maximum absolute atomic E-state index is 9.03. The predicted octanol–water partition coefficient (Wildman–Crippen LogP) is 1.76. The van der Waals surface area contributed by atoms with Gasteiger partial charge in [-0.1, -0.05) is 19.9 Å². The van der Waals surface area contributed by atoms with E-state index < -0.39 is 6.17 Å². The maximum atomic E-state index is 9.03. The summed E-state index contributed by atoms with van der Waals surface area (Å²) in [5.74, 6) is 0. The average molecular weight is 202 g/mol. The Balaban J connectivity index is 2.83. The lowest BCUT2D eigenvalue weighted by Crippen LogP contribution is -2.36. The number of rotatable bonds is 4. The van der Waals surface area contributed by atoms with Crippen LogP contribution in [0.5, 0.6) is 0 Å². The standard InChI is InChI=1S/C11H14N4/c1-3-5-6-15-10(7-12)9-14(4-2)11(15)8-13/h4,9,11H,2-3,5-6H2,1H3. The van der Waals surface area contributed by atoms with Crippen LogP contribution in [0.15, 0.2) is 24.7 Å². The van der Waals surface area contributed by atoms with Crippen molar-refractivity contribution in [2.75, 3.05) is 6.54 Å². The van der Waals surface area contributed by atoms with Gasteiger partial charge in [0.15, 0.2) is 6.17 Å². The molecule has 1 heterocycles. The monoisotopic (exact) mass is 202 g/mol. The molecule has 1 aliphatic rings. The average Bonchev–Trinajstić information content (AvgIpc) is 2.62. The number of nitriles is 2. The van der Waals surface area contributed by atoms with E-state index in [9.17, 15) is 0 Å². The summed E-state index contributed by atoms with van der Waals surface area (Å²) in [6.45, 7) is 6.43. The molecular formula is C11H14N4. The second kappa shape index (κ2) is 5.07. The maximum Gasteiger partial charge on any atom is 0.196 e. The van der Waals surface area contributed by atoms with Gasteiger partial charge in [-0.05, 0) is 12.6 Å². The largest absolute Gasteiger partial charge is 0.329 e. The summed E-state index contributed by atoms with van der Waals surface area (Å²) in [6, 6.07) is 4.26. The van der Waals surface area contributed by atoms with Crippen LogP contribution in [0, 0.1) is 22.7 Å². The quantitative estimate of drug-likeness (QED) is 0.697. The van der Waals surface area contributed by atoms with E-state index >= 15 is 0 Å². The van der Waals surface area contributed by atoms with E-state index in [1.165, 1.54) is 0 Å². The molecule has 0 aliphatic carbocycles. The van der Waals surface area contributed by atoms with Gasteiger partial charge in [0, 0.05) is 12.7 Å². The van der Waals surface area contributed by atoms with Gasteiger partial charge >= 0.3 is 0 Å². The molecule has 4 nitrogen and oxygen atoms in total. The molecule has 0 saturated carbocycles. The van der Waals surface area contributed by atoms with Crippen molar-refractivity contribution in [3.05, 3.63) is 24.7 Å². The zero-order chi connectivity index (χ0) is 11.3. The highest BCUT2D eigenvalue weighted by atomic mass is 15.4. The Morgan fingerprint density at radius 1 is 1.60 bits per heavy atom. The van der Waals surface area contributed by atoms with Gasteiger partial charge in [-0.2, -0.15) is 10.5 Å². The van der Waals surface area contributed by atoms with Crippen LogP contribution in [0.25, 0.3) is 0 Å². The van der Waals surface area contributed by atoms with Crippen molar-refractivity contribution < 1.29 is 0 Å². The molecule has 0 N–H and O–H groups in total. The molecule has 0 saturated heterocycles. The second-order valence-electron chi connectivity index (χ2n) is 3.31. The van der Waals surface area contributed by atoms with Gasteiger partial charge < -0.3 is 9.80 Å². The topological polar surface area (TPSA) is 54.1 Å². The first-order chi connectivity index (χ1) is 7.28. The summed E-state index contributed by atoms with van der Waals surface area (Å²) in [7, 11) is 0.